The molecule has 0 bridgehead atoms. The standard InChI is InChI=1S/C15H17N3O2S/c1-21-15-16-13-6-7-18(9-12(13)14(20)17-15)8-10-2-4-11(19)5-3-10/h2-5,19H,6-9H2,1H3,(H,16,17,20). The summed E-state index contributed by atoms with van der Waals surface area (Å²) < 4.78 is 0. The molecule has 1 aromatic carbocycles. The predicted octanol–water partition coefficient (Wildman–Crippen LogP) is 1.76. The molecule has 0 saturated carbocycles. The van der Waals surface area contributed by atoms with Gasteiger partial charge in [-0.05, 0) is 24.0 Å². The van der Waals surface area contributed by atoms with E-state index >= 15 is 0 Å². The first-order valence-electron chi connectivity index (χ1n) is 6.82. The highest BCUT2D eigenvalue weighted by Crippen LogP contribution is 2.19. The largest absolute Gasteiger partial charge is 0.508 e. The van der Waals surface area contributed by atoms with Crippen LogP contribution in [0.1, 0.15) is 16.8 Å². The zero-order valence-electron chi connectivity index (χ0n) is 11.8. The molecule has 0 radical (unpaired) electrons. The van der Waals surface area contributed by atoms with Gasteiger partial charge in [-0.3, -0.25) is 9.69 Å². The van der Waals surface area contributed by atoms with E-state index in [4.69, 9.17) is 0 Å². The molecule has 0 spiro atoms. The first kappa shape index (κ1) is 14.2. The van der Waals surface area contributed by atoms with Gasteiger partial charge in [0, 0.05) is 26.1 Å². The summed E-state index contributed by atoms with van der Waals surface area (Å²) >= 11 is 1.46. The summed E-state index contributed by atoms with van der Waals surface area (Å²) in [5, 5.41) is 10.00. The second-order valence-corrected chi connectivity index (χ2v) is 5.92. The number of benzene rings is 1. The van der Waals surface area contributed by atoms with Crippen LogP contribution in [0.3, 0.4) is 0 Å². The number of hydrogen-bond acceptors (Lipinski definition) is 5. The third kappa shape index (κ3) is 3.11. The number of aromatic amines is 1. The number of thioether (sulfide) groups is 1. The van der Waals surface area contributed by atoms with E-state index in [1.54, 1.807) is 12.1 Å². The summed E-state index contributed by atoms with van der Waals surface area (Å²) in [4.78, 5) is 21.7. The highest BCUT2D eigenvalue weighted by Gasteiger charge is 2.21. The van der Waals surface area contributed by atoms with Crippen LogP contribution >= 0.6 is 11.8 Å². The van der Waals surface area contributed by atoms with Crippen molar-refractivity contribution in [3.05, 3.63) is 51.4 Å². The van der Waals surface area contributed by atoms with E-state index in [2.05, 4.69) is 14.9 Å². The molecule has 2 heterocycles. The molecule has 0 aliphatic carbocycles. The van der Waals surface area contributed by atoms with Gasteiger partial charge in [-0.2, -0.15) is 0 Å². The molecule has 1 aromatic heterocycles. The van der Waals surface area contributed by atoms with Gasteiger partial charge in [0.2, 0.25) is 0 Å². The molecule has 0 unspecified atom stereocenters. The van der Waals surface area contributed by atoms with Crippen LogP contribution in [-0.4, -0.2) is 32.8 Å². The Morgan fingerprint density at radius 3 is 2.86 bits per heavy atom. The van der Waals surface area contributed by atoms with E-state index in [0.29, 0.717) is 11.7 Å². The van der Waals surface area contributed by atoms with Crippen LogP contribution in [0.4, 0.5) is 0 Å². The van der Waals surface area contributed by atoms with Crippen molar-refractivity contribution in [3.63, 3.8) is 0 Å². The zero-order chi connectivity index (χ0) is 14.8. The van der Waals surface area contributed by atoms with E-state index in [1.807, 2.05) is 18.4 Å². The van der Waals surface area contributed by atoms with Gasteiger partial charge < -0.3 is 10.1 Å². The summed E-state index contributed by atoms with van der Waals surface area (Å²) in [6, 6.07) is 7.19. The Bertz CT molecular complexity index is 697. The SMILES string of the molecule is CSc1nc2c(c(=O)[nH]1)CN(Cc1ccc(O)cc1)CC2. The Morgan fingerprint density at radius 2 is 2.14 bits per heavy atom. The first-order valence-corrected chi connectivity index (χ1v) is 8.04. The summed E-state index contributed by atoms with van der Waals surface area (Å²) in [5.41, 5.74) is 2.80. The van der Waals surface area contributed by atoms with Crippen LogP contribution in [0.5, 0.6) is 5.75 Å². The summed E-state index contributed by atoms with van der Waals surface area (Å²) in [5.74, 6) is 0.271. The molecule has 0 fully saturated rings. The number of nitrogens with zero attached hydrogens (tertiary/aromatic N) is 2. The molecule has 5 nitrogen and oxygen atoms in total. The van der Waals surface area contributed by atoms with Crippen molar-refractivity contribution >= 4 is 11.8 Å². The zero-order valence-corrected chi connectivity index (χ0v) is 12.6. The number of hydrogen-bond donors (Lipinski definition) is 2. The molecular weight excluding hydrogens is 286 g/mol. The molecule has 3 rings (SSSR count). The Labute approximate surface area is 127 Å². The fourth-order valence-corrected chi connectivity index (χ4v) is 2.95. The molecule has 0 saturated heterocycles. The van der Waals surface area contributed by atoms with Crippen molar-refractivity contribution in [1.29, 1.82) is 0 Å². The van der Waals surface area contributed by atoms with E-state index in [9.17, 15) is 9.90 Å². The Hall–Kier alpha value is -1.79. The molecule has 6 heteroatoms. The number of rotatable bonds is 3. The fraction of sp³-hybridized carbons (Fsp3) is 0.333. The molecule has 2 N–H and O–H groups in total. The minimum Gasteiger partial charge on any atom is -0.508 e. The maximum Gasteiger partial charge on any atom is 0.256 e. The van der Waals surface area contributed by atoms with Crippen molar-refractivity contribution < 1.29 is 5.11 Å². The van der Waals surface area contributed by atoms with Gasteiger partial charge in [0.15, 0.2) is 5.16 Å². The number of phenolic OH excluding ortho intramolecular Hbond substituents is 1. The number of aromatic hydroxyl groups is 1. The topological polar surface area (TPSA) is 69.2 Å². The fourth-order valence-electron chi connectivity index (χ4n) is 2.55. The van der Waals surface area contributed by atoms with Crippen molar-refractivity contribution in [1.82, 2.24) is 14.9 Å². The molecule has 1 aliphatic heterocycles. The highest BCUT2D eigenvalue weighted by molar-refractivity contribution is 7.98. The second kappa shape index (κ2) is 5.91. The average Bonchev–Trinajstić information content (AvgIpc) is 2.50. The van der Waals surface area contributed by atoms with Gasteiger partial charge in [-0.25, -0.2) is 4.98 Å². The van der Waals surface area contributed by atoms with E-state index < -0.39 is 0 Å². The van der Waals surface area contributed by atoms with Crippen molar-refractivity contribution in [2.75, 3.05) is 12.8 Å². The summed E-state index contributed by atoms with van der Waals surface area (Å²) in [6.45, 7) is 2.27. The number of aromatic nitrogens is 2. The molecule has 0 atom stereocenters. The quantitative estimate of drug-likeness (QED) is 0.668. The number of H-pyrrole nitrogens is 1. The van der Waals surface area contributed by atoms with Crippen molar-refractivity contribution in [2.45, 2.75) is 24.7 Å². The van der Waals surface area contributed by atoms with Crippen LogP contribution < -0.4 is 5.56 Å². The Morgan fingerprint density at radius 1 is 1.38 bits per heavy atom. The molecule has 0 amide bonds. The number of nitrogens with one attached hydrogen (secondary N) is 1. The van der Waals surface area contributed by atoms with Crippen LogP contribution in [0, 0.1) is 0 Å². The maximum atomic E-state index is 12.1. The lowest BCUT2D eigenvalue weighted by Gasteiger charge is -2.27. The molecular formula is C15H17N3O2S. The molecule has 2 aromatic rings. The van der Waals surface area contributed by atoms with Gasteiger partial charge in [-0.15, -0.1) is 0 Å². The van der Waals surface area contributed by atoms with E-state index in [-0.39, 0.29) is 11.3 Å². The van der Waals surface area contributed by atoms with Crippen molar-refractivity contribution in [3.8, 4) is 5.75 Å². The van der Waals surface area contributed by atoms with Crippen LogP contribution in [0.15, 0.2) is 34.2 Å². The molecule has 1 aliphatic rings. The van der Waals surface area contributed by atoms with Gasteiger partial charge in [0.05, 0.1) is 11.3 Å². The minimum atomic E-state index is -0.0280. The highest BCUT2D eigenvalue weighted by atomic mass is 32.2. The number of phenols is 1. The third-order valence-electron chi connectivity index (χ3n) is 3.66. The third-order valence-corrected chi connectivity index (χ3v) is 4.24. The average molecular weight is 303 g/mol. The van der Waals surface area contributed by atoms with Crippen LogP contribution in [-0.2, 0) is 19.5 Å². The minimum absolute atomic E-state index is 0.0280. The number of fused-ring (bicyclic) bond motifs is 1. The summed E-state index contributed by atoms with van der Waals surface area (Å²) in [7, 11) is 0. The summed E-state index contributed by atoms with van der Waals surface area (Å²) in [6.07, 6.45) is 2.70. The predicted molar refractivity (Wildman–Crippen MR) is 82.6 cm³/mol. The molecule has 110 valence electrons. The lowest BCUT2D eigenvalue weighted by Crippen LogP contribution is -2.35. The van der Waals surface area contributed by atoms with Crippen LogP contribution in [0.25, 0.3) is 0 Å². The molecule has 21 heavy (non-hydrogen) atoms. The van der Waals surface area contributed by atoms with Gasteiger partial charge >= 0.3 is 0 Å². The Kier molecular flexibility index (Phi) is 3.98. The van der Waals surface area contributed by atoms with Gasteiger partial charge in [0.25, 0.3) is 5.56 Å². The van der Waals surface area contributed by atoms with Gasteiger partial charge in [-0.1, -0.05) is 23.9 Å². The Balaban J connectivity index is 1.78. The van der Waals surface area contributed by atoms with Crippen molar-refractivity contribution in [2.24, 2.45) is 0 Å². The van der Waals surface area contributed by atoms with E-state index in [0.717, 1.165) is 36.3 Å². The lowest BCUT2D eigenvalue weighted by atomic mass is 10.1. The smallest absolute Gasteiger partial charge is 0.256 e. The monoisotopic (exact) mass is 303 g/mol. The van der Waals surface area contributed by atoms with Gasteiger partial charge in [0.1, 0.15) is 5.75 Å². The second-order valence-electron chi connectivity index (χ2n) is 5.13. The lowest BCUT2D eigenvalue weighted by molar-refractivity contribution is 0.241. The van der Waals surface area contributed by atoms with Crippen LogP contribution in [0.2, 0.25) is 0 Å². The normalized spacial score (nSPS) is 14.9. The van der Waals surface area contributed by atoms with E-state index in [1.165, 1.54) is 11.8 Å². The first-order chi connectivity index (χ1) is 10.2. The maximum absolute atomic E-state index is 12.1.